The molecule has 0 aliphatic heterocycles. The highest BCUT2D eigenvalue weighted by Gasteiger charge is 2.08. The van der Waals surface area contributed by atoms with Crippen molar-refractivity contribution in [3.8, 4) is 17.2 Å². The molecule has 1 N–H and O–H groups in total. The molecule has 4 aromatic rings. The molecule has 1 amide bonds. The van der Waals surface area contributed by atoms with Crippen LogP contribution in [0.4, 0.5) is 0 Å². The number of rotatable bonds is 10. The fourth-order valence-electron chi connectivity index (χ4n) is 3.21. The molecule has 0 saturated heterocycles. The fourth-order valence-corrected chi connectivity index (χ4v) is 3.21. The first-order valence-electron chi connectivity index (χ1n) is 11.7. The number of carbonyl (C=O) groups excluding carboxylic acids is 2. The predicted octanol–water partition coefficient (Wildman–Crippen LogP) is 5.32. The molecular formula is C30H26N2O5. The van der Waals surface area contributed by atoms with Crippen LogP contribution in [0.15, 0.2) is 108 Å². The summed E-state index contributed by atoms with van der Waals surface area (Å²) in [5.74, 6) is 0.840. The van der Waals surface area contributed by atoms with Gasteiger partial charge in [-0.3, -0.25) is 4.79 Å². The number of nitrogens with zero attached hydrogens (tertiary/aromatic N) is 1. The fraction of sp³-hybridized carbons (Fsp3) is 0.100. The quantitative estimate of drug-likeness (QED) is 0.140. The van der Waals surface area contributed by atoms with Crippen LogP contribution in [0.1, 0.15) is 27.0 Å². The maximum Gasteiger partial charge on any atom is 0.343 e. The molecule has 186 valence electrons. The molecule has 0 bridgehead atoms. The Balaban J connectivity index is 1.17. The van der Waals surface area contributed by atoms with Gasteiger partial charge in [0.25, 0.3) is 5.91 Å². The van der Waals surface area contributed by atoms with E-state index >= 15 is 0 Å². The zero-order valence-corrected chi connectivity index (χ0v) is 20.3. The maximum atomic E-state index is 12.2. The molecule has 0 heterocycles. The van der Waals surface area contributed by atoms with Crippen molar-refractivity contribution in [2.75, 3.05) is 6.61 Å². The molecule has 7 heteroatoms. The van der Waals surface area contributed by atoms with Crippen LogP contribution >= 0.6 is 0 Å². The molecule has 0 spiro atoms. The highest BCUT2D eigenvalue weighted by molar-refractivity contribution is 5.91. The second-order valence-corrected chi connectivity index (χ2v) is 8.15. The number of esters is 1. The monoisotopic (exact) mass is 494 g/mol. The van der Waals surface area contributed by atoms with Crippen LogP contribution in [0.2, 0.25) is 0 Å². The first kappa shape index (κ1) is 25.2. The molecular weight excluding hydrogens is 468 g/mol. The number of carbonyl (C=O) groups is 2. The van der Waals surface area contributed by atoms with Gasteiger partial charge in [-0.25, -0.2) is 10.2 Å². The van der Waals surface area contributed by atoms with Crippen molar-refractivity contribution in [1.82, 2.24) is 5.43 Å². The van der Waals surface area contributed by atoms with E-state index in [-0.39, 0.29) is 6.61 Å². The Bertz CT molecular complexity index is 1330. The molecule has 0 aliphatic rings. The van der Waals surface area contributed by atoms with E-state index in [9.17, 15) is 9.59 Å². The molecule has 4 aromatic carbocycles. The van der Waals surface area contributed by atoms with Gasteiger partial charge in [-0.05, 0) is 78.7 Å². The molecule has 0 radical (unpaired) electrons. The van der Waals surface area contributed by atoms with E-state index in [0.717, 1.165) is 16.7 Å². The molecule has 0 unspecified atom stereocenters. The summed E-state index contributed by atoms with van der Waals surface area (Å²) in [6.45, 7) is 2.24. The van der Waals surface area contributed by atoms with E-state index in [1.54, 1.807) is 60.7 Å². The third kappa shape index (κ3) is 8.07. The Kier molecular flexibility index (Phi) is 8.64. The summed E-state index contributed by atoms with van der Waals surface area (Å²) >= 11 is 0. The second kappa shape index (κ2) is 12.7. The Hall–Kier alpha value is -4.91. The Morgan fingerprint density at radius 3 is 2.05 bits per heavy atom. The number of hydrogen-bond acceptors (Lipinski definition) is 6. The van der Waals surface area contributed by atoms with Crippen molar-refractivity contribution in [2.24, 2.45) is 5.10 Å². The number of hydrogen-bond donors (Lipinski definition) is 1. The minimum Gasteiger partial charge on any atom is -0.489 e. The van der Waals surface area contributed by atoms with Crippen LogP contribution < -0.4 is 19.6 Å². The molecule has 0 fully saturated rings. The summed E-state index contributed by atoms with van der Waals surface area (Å²) in [5, 5.41) is 3.94. The van der Waals surface area contributed by atoms with Gasteiger partial charge >= 0.3 is 5.97 Å². The van der Waals surface area contributed by atoms with Crippen molar-refractivity contribution in [1.29, 1.82) is 0 Å². The van der Waals surface area contributed by atoms with Gasteiger partial charge in [0.05, 0.1) is 11.8 Å². The van der Waals surface area contributed by atoms with Crippen LogP contribution in [-0.2, 0) is 11.4 Å². The lowest BCUT2D eigenvalue weighted by Crippen LogP contribution is -2.24. The van der Waals surface area contributed by atoms with E-state index in [4.69, 9.17) is 14.2 Å². The van der Waals surface area contributed by atoms with Gasteiger partial charge in [0.2, 0.25) is 0 Å². The normalized spacial score (nSPS) is 10.6. The highest BCUT2D eigenvalue weighted by atomic mass is 16.5. The average Bonchev–Trinajstić information content (AvgIpc) is 2.93. The number of amides is 1. The topological polar surface area (TPSA) is 86.2 Å². The van der Waals surface area contributed by atoms with E-state index in [0.29, 0.717) is 29.4 Å². The van der Waals surface area contributed by atoms with Crippen molar-refractivity contribution in [3.63, 3.8) is 0 Å². The predicted molar refractivity (Wildman–Crippen MR) is 141 cm³/mol. The SMILES string of the molecule is Cc1ccc(C(=O)Oc2ccc(/C=N\NC(=O)COc3ccc(OCc4ccccc4)cc3)cc2)cc1. The average molecular weight is 495 g/mol. The van der Waals surface area contributed by atoms with Crippen molar-refractivity contribution in [2.45, 2.75) is 13.5 Å². The number of aryl methyl sites for hydroxylation is 1. The van der Waals surface area contributed by atoms with E-state index in [2.05, 4.69) is 10.5 Å². The first-order valence-corrected chi connectivity index (χ1v) is 11.7. The summed E-state index contributed by atoms with van der Waals surface area (Å²) in [7, 11) is 0. The van der Waals surface area contributed by atoms with Gasteiger partial charge in [0.1, 0.15) is 23.9 Å². The van der Waals surface area contributed by atoms with Crippen LogP contribution in [0.25, 0.3) is 0 Å². The van der Waals surface area contributed by atoms with Crippen molar-refractivity contribution < 1.29 is 23.8 Å². The summed E-state index contributed by atoms with van der Waals surface area (Å²) in [5.41, 5.74) is 5.77. The zero-order valence-electron chi connectivity index (χ0n) is 20.3. The van der Waals surface area contributed by atoms with Crippen molar-refractivity contribution >= 4 is 18.1 Å². The largest absolute Gasteiger partial charge is 0.489 e. The standard InChI is InChI=1S/C30H26N2O5/c1-22-7-11-25(12-8-22)30(34)37-28-13-9-23(10-14-28)19-31-32-29(33)21-36-27-17-15-26(16-18-27)35-20-24-5-3-2-4-6-24/h2-19H,20-21H2,1H3,(H,32,33)/b31-19-. The van der Waals surface area contributed by atoms with Gasteiger partial charge in [-0.15, -0.1) is 0 Å². The number of benzene rings is 4. The Morgan fingerprint density at radius 1 is 0.757 bits per heavy atom. The lowest BCUT2D eigenvalue weighted by atomic mass is 10.1. The van der Waals surface area contributed by atoms with Crippen LogP contribution in [-0.4, -0.2) is 24.7 Å². The lowest BCUT2D eigenvalue weighted by molar-refractivity contribution is -0.123. The third-order valence-electron chi connectivity index (χ3n) is 5.22. The van der Waals surface area contributed by atoms with E-state index in [1.807, 2.05) is 49.4 Å². The molecule has 37 heavy (non-hydrogen) atoms. The third-order valence-corrected chi connectivity index (χ3v) is 5.22. The zero-order chi connectivity index (χ0) is 25.9. The highest BCUT2D eigenvalue weighted by Crippen LogP contribution is 2.19. The smallest absolute Gasteiger partial charge is 0.343 e. The maximum absolute atomic E-state index is 12.2. The molecule has 0 aliphatic carbocycles. The molecule has 0 aromatic heterocycles. The van der Waals surface area contributed by atoms with Crippen LogP contribution in [0.3, 0.4) is 0 Å². The summed E-state index contributed by atoms with van der Waals surface area (Å²) in [6.07, 6.45) is 1.49. The van der Waals surface area contributed by atoms with Gasteiger partial charge in [-0.1, -0.05) is 48.0 Å². The molecule has 4 rings (SSSR count). The summed E-state index contributed by atoms with van der Waals surface area (Å²) in [6, 6.07) is 30.9. The summed E-state index contributed by atoms with van der Waals surface area (Å²) in [4.78, 5) is 24.2. The lowest BCUT2D eigenvalue weighted by Gasteiger charge is -2.08. The van der Waals surface area contributed by atoms with Gasteiger partial charge < -0.3 is 14.2 Å². The molecule has 0 saturated carbocycles. The number of nitrogens with one attached hydrogen (secondary N) is 1. The van der Waals surface area contributed by atoms with Crippen molar-refractivity contribution in [3.05, 3.63) is 125 Å². The van der Waals surface area contributed by atoms with Crippen LogP contribution in [0, 0.1) is 6.92 Å². The second-order valence-electron chi connectivity index (χ2n) is 8.15. The first-order chi connectivity index (χ1) is 18.0. The van der Waals surface area contributed by atoms with Gasteiger partial charge in [0.15, 0.2) is 6.61 Å². The van der Waals surface area contributed by atoms with Gasteiger partial charge in [0, 0.05) is 0 Å². The molecule has 7 nitrogen and oxygen atoms in total. The van der Waals surface area contributed by atoms with Gasteiger partial charge in [-0.2, -0.15) is 5.10 Å². The summed E-state index contributed by atoms with van der Waals surface area (Å²) < 4.78 is 16.6. The van der Waals surface area contributed by atoms with E-state index < -0.39 is 11.9 Å². The number of ether oxygens (including phenoxy) is 3. The number of hydrazone groups is 1. The van der Waals surface area contributed by atoms with Crippen LogP contribution in [0.5, 0.6) is 17.2 Å². The molecule has 0 atom stereocenters. The van der Waals surface area contributed by atoms with E-state index in [1.165, 1.54) is 6.21 Å². The minimum absolute atomic E-state index is 0.185. The minimum atomic E-state index is -0.428. The Morgan fingerprint density at radius 2 is 1.38 bits per heavy atom. The Labute approximate surface area is 215 Å².